The van der Waals surface area contributed by atoms with Crippen molar-refractivity contribution in [1.82, 2.24) is 15.0 Å². The number of pyridine rings is 1. The third-order valence-electron chi connectivity index (χ3n) is 4.28. The number of aromatic nitrogens is 3. The van der Waals surface area contributed by atoms with Crippen molar-refractivity contribution in [2.45, 2.75) is 0 Å². The lowest BCUT2D eigenvalue weighted by molar-refractivity contribution is 1.26. The van der Waals surface area contributed by atoms with Gasteiger partial charge in [0.2, 0.25) is 0 Å². The van der Waals surface area contributed by atoms with E-state index in [4.69, 9.17) is 4.98 Å². The molecule has 0 saturated heterocycles. The molecule has 2 aromatic heterocycles. The van der Waals surface area contributed by atoms with Crippen molar-refractivity contribution in [2.75, 3.05) is 0 Å². The topological polar surface area (TPSA) is 41.6 Å². The van der Waals surface area contributed by atoms with E-state index in [9.17, 15) is 0 Å². The fraction of sp³-hybridized carbons (Fsp3) is 0. The van der Waals surface area contributed by atoms with Gasteiger partial charge in [-0.1, -0.05) is 54.6 Å². The summed E-state index contributed by atoms with van der Waals surface area (Å²) in [6, 6.07) is 22.8. The highest BCUT2D eigenvalue weighted by atomic mass is 14.9. The molecule has 0 spiro atoms. The lowest BCUT2D eigenvalue weighted by Crippen LogP contribution is -1.87. The summed E-state index contributed by atoms with van der Waals surface area (Å²) in [6.07, 6.45) is 1.84. The van der Waals surface area contributed by atoms with Gasteiger partial charge in [-0.15, -0.1) is 0 Å². The molecular formula is C20H13N3. The monoisotopic (exact) mass is 295 g/mol. The van der Waals surface area contributed by atoms with Crippen LogP contribution in [-0.2, 0) is 0 Å². The normalized spacial score (nSPS) is 11.5. The van der Waals surface area contributed by atoms with Crippen molar-refractivity contribution in [3.05, 3.63) is 72.9 Å². The lowest BCUT2D eigenvalue weighted by Gasteiger charge is -2.01. The standard InChI is InChI=1S/C20H13N3/c1-3-7-15-13(5-1)9-10-17-18(15)23-20(22-17)19-16-8-4-2-6-14(16)11-12-21-19/h1-12H,(H,22,23). The van der Waals surface area contributed by atoms with Gasteiger partial charge in [-0.25, -0.2) is 4.98 Å². The summed E-state index contributed by atoms with van der Waals surface area (Å²) < 4.78 is 0. The number of rotatable bonds is 1. The Balaban J connectivity index is 1.84. The first-order chi connectivity index (χ1) is 11.4. The minimum atomic E-state index is 0.813. The van der Waals surface area contributed by atoms with Gasteiger partial charge < -0.3 is 4.98 Å². The maximum atomic E-state index is 4.84. The first kappa shape index (κ1) is 12.4. The lowest BCUT2D eigenvalue weighted by atomic mass is 10.1. The second-order valence-corrected chi connectivity index (χ2v) is 5.65. The van der Waals surface area contributed by atoms with Gasteiger partial charge in [0.25, 0.3) is 0 Å². The van der Waals surface area contributed by atoms with E-state index < -0.39 is 0 Å². The quantitative estimate of drug-likeness (QED) is 0.476. The Morgan fingerprint density at radius 1 is 0.696 bits per heavy atom. The fourth-order valence-corrected chi connectivity index (χ4v) is 3.16. The molecule has 1 N–H and O–H groups in total. The molecule has 0 atom stereocenters. The number of imidazole rings is 1. The van der Waals surface area contributed by atoms with Crippen molar-refractivity contribution in [2.24, 2.45) is 0 Å². The predicted octanol–water partition coefficient (Wildman–Crippen LogP) is 4.93. The number of benzene rings is 3. The van der Waals surface area contributed by atoms with E-state index in [1.165, 1.54) is 10.8 Å². The van der Waals surface area contributed by atoms with E-state index >= 15 is 0 Å². The zero-order valence-corrected chi connectivity index (χ0v) is 12.3. The molecule has 0 aliphatic rings. The largest absolute Gasteiger partial charge is 0.337 e. The van der Waals surface area contributed by atoms with E-state index in [1.54, 1.807) is 0 Å². The maximum absolute atomic E-state index is 4.84. The molecule has 5 aromatic rings. The number of nitrogens with zero attached hydrogens (tertiary/aromatic N) is 2. The number of fused-ring (bicyclic) bond motifs is 4. The second kappa shape index (κ2) is 4.65. The zero-order valence-electron chi connectivity index (χ0n) is 12.3. The summed E-state index contributed by atoms with van der Waals surface area (Å²) in [7, 11) is 0. The van der Waals surface area contributed by atoms with Crippen LogP contribution in [0.2, 0.25) is 0 Å². The summed E-state index contributed by atoms with van der Waals surface area (Å²) in [5, 5.41) is 4.64. The third-order valence-corrected chi connectivity index (χ3v) is 4.28. The highest BCUT2D eigenvalue weighted by molar-refractivity contribution is 6.05. The molecule has 3 heteroatoms. The van der Waals surface area contributed by atoms with Crippen LogP contribution in [0.5, 0.6) is 0 Å². The Labute approximate surface area is 132 Å². The van der Waals surface area contributed by atoms with Crippen LogP contribution in [-0.4, -0.2) is 15.0 Å². The summed E-state index contributed by atoms with van der Waals surface area (Å²) >= 11 is 0. The Morgan fingerprint density at radius 2 is 1.43 bits per heavy atom. The van der Waals surface area contributed by atoms with Crippen molar-refractivity contribution >= 4 is 32.6 Å². The highest BCUT2D eigenvalue weighted by Gasteiger charge is 2.11. The van der Waals surface area contributed by atoms with Crippen LogP contribution in [0, 0.1) is 0 Å². The fourth-order valence-electron chi connectivity index (χ4n) is 3.16. The number of hydrogen-bond acceptors (Lipinski definition) is 2. The highest BCUT2D eigenvalue weighted by Crippen LogP contribution is 2.29. The second-order valence-electron chi connectivity index (χ2n) is 5.65. The summed E-state index contributed by atoms with van der Waals surface area (Å²) in [5.41, 5.74) is 2.92. The number of hydrogen-bond donors (Lipinski definition) is 1. The van der Waals surface area contributed by atoms with Gasteiger partial charge in [0.1, 0.15) is 5.69 Å². The molecule has 0 fully saturated rings. The van der Waals surface area contributed by atoms with Crippen LogP contribution < -0.4 is 0 Å². The molecular weight excluding hydrogens is 282 g/mol. The first-order valence-corrected chi connectivity index (χ1v) is 7.62. The van der Waals surface area contributed by atoms with Gasteiger partial charge in [0, 0.05) is 17.0 Å². The number of nitrogens with one attached hydrogen (secondary N) is 1. The predicted molar refractivity (Wildman–Crippen MR) is 94.3 cm³/mol. The first-order valence-electron chi connectivity index (χ1n) is 7.62. The maximum Gasteiger partial charge on any atom is 0.157 e. The van der Waals surface area contributed by atoms with Crippen LogP contribution in [0.3, 0.4) is 0 Å². The summed E-state index contributed by atoms with van der Waals surface area (Å²) in [6.45, 7) is 0. The van der Waals surface area contributed by atoms with Crippen molar-refractivity contribution in [3.8, 4) is 11.5 Å². The van der Waals surface area contributed by atoms with E-state index in [0.29, 0.717) is 0 Å². The van der Waals surface area contributed by atoms with Crippen molar-refractivity contribution in [1.29, 1.82) is 0 Å². The van der Waals surface area contributed by atoms with E-state index in [2.05, 4.69) is 46.4 Å². The van der Waals surface area contributed by atoms with Crippen LogP contribution in [0.1, 0.15) is 0 Å². The van der Waals surface area contributed by atoms with Crippen LogP contribution in [0.4, 0.5) is 0 Å². The molecule has 3 aromatic carbocycles. The number of H-pyrrole nitrogens is 1. The number of aromatic amines is 1. The minimum Gasteiger partial charge on any atom is -0.337 e. The van der Waals surface area contributed by atoms with Crippen LogP contribution >= 0.6 is 0 Å². The molecule has 3 nitrogen and oxygen atoms in total. The molecule has 0 saturated carbocycles. The summed E-state index contributed by atoms with van der Waals surface area (Å²) in [4.78, 5) is 12.8. The zero-order chi connectivity index (χ0) is 15.2. The Kier molecular flexibility index (Phi) is 2.50. The SMILES string of the molecule is c1ccc2c(-c3nc4c(ccc5ccccc54)[nH]3)nccc2c1. The molecule has 0 bridgehead atoms. The average molecular weight is 295 g/mol. The van der Waals surface area contributed by atoms with Gasteiger partial charge in [-0.2, -0.15) is 0 Å². The molecule has 0 aliphatic carbocycles. The van der Waals surface area contributed by atoms with Crippen molar-refractivity contribution in [3.63, 3.8) is 0 Å². The van der Waals surface area contributed by atoms with E-state index in [1.807, 2.05) is 36.5 Å². The van der Waals surface area contributed by atoms with E-state index in [-0.39, 0.29) is 0 Å². The van der Waals surface area contributed by atoms with Crippen molar-refractivity contribution < 1.29 is 0 Å². The van der Waals surface area contributed by atoms with Gasteiger partial charge in [-0.3, -0.25) is 4.98 Å². The van der Waals surface area contributed by atoms with Gasteiger partial charge in [-0.05, 0) is 22.9 Å². The average Bonchev–Trinajstić information content (AvgIpc) is 3.06. The van der Waals surface area contributed by atoms with Crippen LogP contribution in [0.15, 0.2) is 72.9 Å². The molecule has 5 rings (SSSR count). The summed E-state index contributed by atoms with van der Waals surface area (Å²) in [5.74, 6) is 0.813. The Hall–Kier alpha value is -3.20. The third kappa shape index (κ3) is 1.83. The Bertz CT molecular complexity index is 1170. The van der Waals surface area contributed by atoms with E-state index in [0.717, 1.165) is 33.3 Å². The smallest absolute Gasteiger partial charge is 0.157 e. The Morgan fingerprint density at radius 3 is 2.30 bits per heavy atom. The molecule has 0 radical (unpaired) electrons. The van der Waals surface area contributed by atoms with Gasteiger partial charge in [0.15, 0.2) is 5.82 Å². The molecule has 108 valence electrons. The molecule has 0 unspecified atom stereocenters. The molecule has 0 aliphatic heterocycles. The molecule has 23 heavy (non-hydrogen) atoms. The van der Waals surface area contributed by atoms with Crippen LogP contribution in [0.25, 0.3) is 44.1 Å². The molecule has 0 amide bonds. The van der Waals surface area contributed by atoms with Gasteiger partial charge >= 0.3 is 0 Å². The minimum absolute atomic E-state index is 0.813. The van der Waals surface area contributed by atoms with Gasteiger partial charge in [0.05, 0.1) is 11.0 Å². The molecule has 2 heterocycles.